The van der Waals surface area contributed by atoms with Crippen molar-refractivity contribution in [2.24, 2.45) is 29.1 Å². The van der Waals surface area contributed by atoms with E-state index < -0.39 is 11.5 Å². The van der Waals surface area contributed by atoms with Gasteiger partial charge in [0.15, 0.2) is 0 Å². The Balaban J connectivity index is 1.86. The summed E-state index contributed by atoms with van der Waals surface area (Å²) in [6, 6.07) is 9.27. The molecule has 0 heterocycles. The van der Waals surface area contributed by atoms with Gasteiger partial charge in [-0.05, 0) is 42.1 Å². The predicted octanol–water partition coefficient (Wildman–Crippen LogP) is 4.24. The monoisotopic (exact) mass is 339 g/mol. The van der Waals surface area contributed by atoms with Crippen molar-refractivity contribution in [3.8, 4) is 0 Å². The quantitative estimate of drug-likeness (QED) is 0.358. The summed E-state index contributed by atoms with van der Waals surface area (Å²) in [6.07, 6.45) is 9.05. The molecule has 0 unspecified atom stereocenters. The zero-order chi connectivity index (χ0) is 17.6. The lowest BCUT2D eigenvalue weighted by molar-refractivity contribution is -0.537. The first-order chi connectivity index (χ1) is 12.1. The molecule has 3 aliphatic rings. The molecule has 4 nitrogen and oxygen atoms in total. The fourth-order valence-corrected chi connectivity index (χ4v) is 6.15. The van der Waals surface area contributed by atoms with E-state index in [1.54, 1.807) is 0 Å². The van der Waals surface area contributed by atoms with Crippen LogP contribution in [0.5, 0.6) is 0 Å². The Hall–Kier alpha value is -1.97. The van der Waals surface area contributed by atoms with E-state index in [2.05, 4.69) is 19.1 Å². The van der Waals surface area contributed by atoms with Crippen LogP contribution >= 0.6 is 0 Å². The van der Waals surface area contributed by atoms with Crippen molar-refractivity contribution in [3.63, 3.8) is 0 Å². The lowest BCUT2D eigenvalue weighted by Gasteiger charge is -2.57. The average molecular weight is 339 g/mol. The van der Waals surface area contributed by atoms with Gasteiger partial charge in [0.05, 0.1) is 5.92 Å². The zero-order valence-electron chi connectivity index (χ0n) is 14.6. The van der Waals surface area contributed by atoms with Crippen molar-refractivity contribution in [1.82, 2.24) is 0 Å². The number of aldehydes is 1. The number of allylic oxidation sites excluding steroid dienone is 2. The molecule has 132 valence electrons. The average Bonchev–Trinajstić information content (AvgIpc) is 2.64. The van der Waals surface area contributed by atoms with Crippen molar-refractivity contribution >= 4 is 6.29 Å². The van der Waals surface area contributed by atoms with E-state index >= 15 is 0 Å². The third-order valence-corrected chi connectivity index (χ3v) is 7.23. The number of carbonyl (C=O) groups is 1. The van der Waals surface area contributed by atoms with Crippen molar-refractivity contribution in [2.75, 3.05) is 0 Å². The van der Waals surface area contributed by atoms with E-state index in [9.17, 15) is 14.9 Å². The van der Waals surface area contributed by atoms with E-state index in [0.717, 1.165) is 31.1 Å². The van der Waals surface area contributed by atoms with Crippen LogP contribution in [0.15, 0.2) is 42.5 Å². The van der Waals surface area contributed by atoms with E-state index in [1.165, 1.54) is 0 Å². The van der Waals surface area contributed by atoms with Crippen LogP contribution in [0, 0.1) is 39.2 Å². The summed E-state index contributed by atoms with van der Waals surface area (Å²) < 4.78 is 0. The second kappa shape index (κ2) is 6.08. The summed E-state index contributed by atoms with van der Waals surface area (Å²) >= 11 is 0. The van der Waals surface area contributed by atoms with Crippen molar-refractivity contribution < 1.29 is 9.72 Å². The molecule has 4 rings (SSSR count). The first-order valence-corrected chi connectivity index (χ1v) is 9.41. The second-order valence-electron chi connectivity index (χ2n) is 8.18. The standard InChI is InChI=1S/C21H25NO3/c1-14-10-11-16-8-5-9-17-19(15-6-3-2-4-7-15)18(22(24)25)12-21(14,13-23)20(16)17/h2-4,6-7,10-11,13-14,16-20H,5,8-9,12H2,1H3/t14-,16+,17-,18+,19-,20+,21-/m1/s1. The van der Waals surface area contributed by atoms with Crippen LogP contribution in [0.4, 0.5) is 0 Å². The minimum Gasteiger partial charge on any atom is -0.303 e. The molecular formula is C21H25NO3. The first-order valence-electron chi connectivity index (χ1n) is 9.41. The largest absolute Gasteiger partial charge is 0.303 e. The Morgan fingerprint density at radius 3 is 2.64 bits per heavy atom. The maximum Gasteiger partial charge on any atom is 0.221 e. The number of rotatable bonds is 3. The van der Waals surface area contributed by atoms with E-state index in [1.807, 2.05) is 30.3 Å². The minimum absolute atomic E-state index is 0.0750. The van der Waals surface area contributed by atoms with Crippen molar-refractivity contribution in [1.29, 1.82) is 0 Å². The van der Waals surface area contributed by atoms with Crippen LogP contribution in [-0.4, -0.2) is 17.3 Å². The molecule has 0 bridgehead atoms. The van der Waals surface area contributed by atoms with Gasteiger partial charge in [-0.1, -0.05) is 55.8 Å². The normalized spacial score (nSPS) is 42.4. The minimum atomic E-state index is -0.679. The molecule has 1 aromatic rings. The van der Waals surface area contributed by atoms with Crippen LogP contribution in [0.1, 0.15) is 44.1 Å². The highest BCUT2D eigenvalue weighted by molar-refractivity contribution is 5.63. The molecule has 0 N–H and O–H groups in total. The lowest BCUT2D eigenvalue weighted by Crippen LogP contribution is -2.58. The fraction of sp³-hybridized carbons (Fsp3) is 0.571. The summed E-state index contributed by atoms with van der Waals surface area (Å²) in [6.45, 7) is 2.06. The molecule has 0 radical (unpaired) electrons. The second-order valence-corrected chi connectivity index (χ2v) is 8.18. The lowest BCUT2D eigenvalue weighted by atomic mass is 9.45. The van der Waals surface area contributed by atoms with Gasteiger partial charge in [0.25, 0.3) is 0 Å². The van der Waals surface area contributed by atoms with Crippen LogP contribution in [0.25, 0.3) is 0 Å². The van der Waals surface area contributed by atoms with Crippen LogP contribution in [0.3, 0.4) is 0 Å². The number of hydrogen-bond acceptors (Lipinski definition) is 3. The number of nitrogens with zero attached hydrogens (tertiary/aromatic N) is 1. The summed E-state index contributed by atoms with van der Waals surface area (Å²) in [5.41, 5.74) is 0.490. The van der Waals surface area contributed by atoms with Crippen LogP contribution < -0.4 is 0 Å². The molecule has 3 aliphatic carbocycles. The summed E-state index contributed by atoms with van der Waals surface area (Å²) in [5, 5.41) is 12.0. The van der Waals surface area contributed by atoms with E-state index in [-0.39, 0.29) is 28.6 Å². The predicted molar refractivity (Wildman–Crippen MR) is 95.7 cm³/mol. The van der Waals surface area contributed by atoms with E-state index in [0.29, 0.717) is 12.3 Å². The van der Waals surface area contributed by atoms with Gasteiger partial charge < -0.3 is 4.79 Å². The number of hydrogen-bond donors (Lipinski definition) is 0. The Labute approximate surface area is 148 Å². The number of carbonyl (C=O) groups excluding carboxylic acids is 1. The third-order valence-electron chi connectivity index (χ3n) is 7.23. The molecule has 0 amide bonds. The zero-order valence-corrected chi connectivity index (χ0v) is 14.6. The highest BCUT2D eigenvalue weighted by Crippen LogP contribution is 2.62. The van der Waals surface area contributed by atoms with Gasteiger partial charge in [-0.25, -0.2) is 0 Å². The van der Waals surface area contributed by atoms with Gasteiger partial charge >= 0.3 is 0 Å². The molecule has 25 heavy (non-hydrogen) atoms. The Morgan fingerprint density at radius 1 is 1.20 bits per heavy atom. The van der Waals surface area contributed by atoms with Gasteiger partial charge in [-0.15, -0.1) is 0 Å². The topological polar surface area (TPSA) is 60.2 Å². The molecule has 4 heteroatoms. The molecule has 0 aromatic heterocycles. The summed E-state index contributed by atoms with van der Waals surface area (Å²) in [7, 11) is 0. The molecule has 0 spiro atoms. The molecular weight excluding hydrogens is 314 g/mol. The fourth-order valence-electron chi connectivity index (χ4n) is 6.15. The van der Waals surface area contributed by atoms with Gasteiger partial charge in [0.1, 0.15) is 6.29 Å². The van der Waals surface area contributed by atoms with Crippen LogP contribution in [-0.2, 0) is 4.79 Å². The van der Waals surface area contributed by atoms with Crippen LogP contribution in [0.2, 0.25) is 0 Å². The van der Waals surface area contributed by atoms with E-state index in [4.69, 9.17) is 0 Å². The first kappa shape index (κ1) is 16.5. The number of nitro groups is 1. The maximum absolute atomic E-state index is 12.3. The molecule has 0 aliphatic heterocycles. The molecule has 0 saturated heterocycles. The third kappa shape index (κ3) is 2.37. The Bertz CT molecular complexity index is 700. The highest BCUT2D eigenvalue weighted by Gasteiger charge is 2.62. The molecule has 7 atom stereocenters. The van der Waals surface area contributed by atoms with Gasteiger partial charge in [0, 0.05) is 16.8 Å². The SMILES string of the molecule is C[C@@H]1C=C[C@@H]2CCC[C@@H]3[C@@H](c4ccccc4)[C@@H]([N+](=O)[O-])C[C@]1(C=O)[C@H]32. The molecule has 2 saturated carbocycles. The van der Waals surface area contributed by atoms with Crippen molar-refractivity contribution in [3.05, 3.63) is 58.2 Å². The maximum atomic E-state index is 12.3. The summed E-state index contributed by atoms with van der Waals surface area (Å²) in [5.74, 6) is 0.823. The molecule has 2 fully saturated rings. The van der Waals surface area contributed by atoms with Crippen molar-refractivity contribution in [2.45, 2.75) is 44.6 Å². The van der Waals surface area contributed by atoms with Gasteiger partial charge in [0.2, 0.25) is 6.04 Å². The Kier molecular flexibility index (Phi) is 4.01. The molecule has 1 aromatic carbocycles. The van der Waals surface area contributed by atoms with Gasteiger partial charge in [-0.2, -0.15) is 0 Å². The summed E-state index contributed by atoms with van der Waals surface area (Å²) in [4.78, 5) is 24.2. The smallest absolute Gasteiger partial charge is 0.221 e. The number of benzene rings is 1. The Morgan fingerprint density at radius 2 is 1.96 bits per heavy atom. The van der Waals surface area contributed by atoms with Gasteiger partial charge in [-0.3, -0.25) is 10.1 Å². The highest BCUT2D eigenvalue weighted by atomic mass is 16.6.